The Bertz CT molecular complexity index is 752. The van der Waals surface area contributed by atoms with E-state index in [1.807, 2.05) is 0 Å². The summed E-state index contributed by atoms with van der Waals surface area (Å²) in [5.74, 6) is 0.373. The molecule has 1 heterocycles. The first kappa shape index (κ1) is 11.5. The van der Waals surface area contributed by atoms with Gasteiger partial charge in [0.1, 0.15) is 0 Å². The molecule has 0 N–H and O–H groups in total. The molecule has 0 saturated heterocycles. The van der Waals surface area contributed by atoms with E-state index in [9.17, 15) is 0 Å². The lowest BCUT2D eigenvalue weighted by Gasteiger charge is -2.26. The Morgan fingerprint density at radius 1 is 0.800 bits per heavy atom. The third-order valence-electron chi connectivity index (χ3n) is 4.26. The van der Waals surface area contributed by atoms with Crippen molar-refractivity contribution in [3.8, 4) is 0 Å². The van der Waals surface area contributed by atoms with Crippen LogP contribution in [-0.4, -0.2) is 4.57 Å². The molecule has 98 valence electrons. The van der Waals surface area contributed by atoms with Crippen molar-refractivity contribution in [3.05, 3.63) is 94.8 Å². The zero-order valence-electron chi connectivity index (χ0n) is 11.6. The van der Waals surface area contributed by atoms with Gasteiger partial charge in [-0.3, -0.25) is 0 Å². The van der Waals surface area contributed by atoms with Gasteiger partial charge in [-0.2, -0.15) is 0 Å². The van der Waals surface area contributed by atoms with Crippen LogP contribution in [0.1, 0.15) is 33.7 Å². The molecule has 1 aliphatic carbocycles. The molecule has 20 heavy (non-hydrogen) atoms. The molecule has 0 bridgehead atoms. The molecule has 0 spiro atoms. The quantitative estimate of drug-likeness (QED) is 0.485. The van der Waals surface area contributed by atoms with E-state index in [-0.39, 0.29) is 0 Å². The Labute approximate surface area is 119 Å². The van der Waals surface area contributed by atoms with E-state index in [1.165, 1.54) is 27.8 Å². The van der Waals surface area contributed by atoms with Crippen molar-refractivity contribution in [3.63, 3.8) is 0 Å². The van der Waals surface area contributed by atoms with Crippen molar-refractivity contribution in [2.45, 2.75) is 12.3 Å². The van der Waals surface area contributed by atoms with Gasteiger partial charge in [0.15, 0.2) is 0 Å². The third-order valence-corrected chi connectivity index (χ3v) is 4.26. The average Bonchev–Trinajstić information content (AvgIpc) is 2.85. The van der Waals surface area contributed by atoms with Gasteiger partial charge in [-0.15, -0.1) is 0 Å². The summed E-state index contributed by atoms with van der Waals surface area (Å²) in [5.41, 5.74) is 7.21. The Hall–Kier alpha value is -2.28. The van der Waals surface area contributed by atoms with Crippen molar-refractivity contribution in [1.29, 1.82) is 0 Å². The van der Waals surface area contributed by atoms with Crippen molar-refractivity contribution >= 4 is 0 Å². The number of nitrogens with zero attached hydrogens (tertiary/aromatic N) is 1. The predicted molar refractivity (Wildman–Crippen MR) is 82.0 cm³/mol. The van der Waals surface area contributed by atoms with E-state index >= 15 is 0 Å². The summed E-state index contributed by atoms with van der Waals surface area (Å²) in [7, 11) is 2.12. The maximum atomic E-state index is 2.28. The lowest BCUT2D eigenvalue weighted by Crippen LogP contribution is -2.13. The van der Waals surface area contributed by atoms with E-state index in [0.717, 1.165) is 6.42 Å². The van der Waals surface area contributed by atoms with Gasteiger partial charge < -0.3 is 4.57 Å². The molecule has 0 radical (unpaired) electrons. The molecule has 0 amide bonds. The molecule has 1 aromatic heterocycles. The number of aromatic nitrogens is 1. The summed E-state index contributed by atoms with van der Waals surface area (Å²) in [6.07, 6.45) is 5.60. The van der Waals surface area contributed by atoms with Crippen molar-refractivity contribution in [1.82, 2.24) is 4.57 Å². The lowest BCUT2D eigenvalue weighted by molar-refractivity contribution is 0.887. The molecule has 1 heteroatoms. The fourth-order valence-corrected chi connectivity index (χ4v) is 3.42. The van der Waals surface area contributed by atoms with Gasteiger partial charge in [-0.25, -0.2) is 0 Å². The smallest absolute Gasteiger partial charge is 0.0360 e. The zero-order valence-corrected chi connectivity index (χ0v) is 11.6. The molecule has 1 atom stereocenters. The normalized spacial score (nSPS) is 16.6. The maximum Gasteiger partial charge on any atom is 0.0360 e. The van der Waals surface area contributed by atoms with Crippen LogP contribution in [0.15, 0.2) is 67.0 Å². The van der Waals surface area contributed by atoms with Crippen molar-refractivity contribution < 1.29 is 0 Å². The lowest BCUT2D eigenvalue weighted by atomic mass is 9.77. The number of fused-ring (bicyclic) bond motifs is 2. The third kappa shape index (κ3) is 1.70. The van der Waals surface area contributed by atoms with E-state index in [4.69, 9.17) is 0 Å². The number of hydrogen-bond acceptors (Lipinski definition) is 0. The van der Waals surface area contributed by atoms with Gasteiger partial charge in [0.05, 0.1) is 0 Å². The molecule has 0 aliphatic heterocycles. The van der Waals surface area contributed by atoms with Crippen LogP contribution in [0.2, 0.25) is 0 Å². The first-order valence-electron chi connectivity index (χ1n) is 7.10. The highest BCUT2D eigenvalue weighted by atomic mass is 14.9. The summed E-state index contributed by atoms with van der Waals surface area (Å²) < 4.78 is 2.19. The van der Waals surface area contributed by atoms with Gasteiger partial charge in [-0.05, 0) is 34.2 Å². The summed E-state index contributed by atoms with van der Waals surface area (Å²) in [6, 6.07) is 19.7. The Kier molecular flexibility index (Phi) is 2.53. The van der Waals surface area contributed by atoms with Crippen LogP contribution in [0.3, 0.4) is 0 Å². The zero-order chi connectivity index (χ0) is 13.5. The van der Waals surface area contributed by atoms with Gasteiger partial charge in [0.25, 0.3) is 0 Å². The summed E-state index contributed by atoms with van der Waals surface area (Å²) in [4.78, 5) is 0. The molecular formula is C19H17N. The van der Waals surface area contributed by atoms with Gasteiger partial charge in [-0.1, -0.05) is 54.6 Å². The van der Waals surface area contributed by atoms with Crippen LogP contribution in [0, 0.1) is 0 Å². The van der Waals surface area contributed by atoms with E-state index in [1.54, 1.807) is 0 Å². The van der Waals surface area contributed by atoms with Gasteiger partial charge >= 0.3 is 0 Å². The largest absolute Gasteiger partial charge is 0.357 e. The number of aryl methyl sites for hydroxylation is 1. The van der Waals surface area contributed by atoms with Crippen LogP contribution >= 0.6 is 0 Å². The minimum Gasteiger partial charge on any atom is -0.357 e. The van der Waals surface area contributed by atoms with Crippen LogP contribution in [-0.2, 0) is 13.5 Å². The maximum absolute atomic E-state index is 2.28. The molecule has 1 nitrogen and oxygen atoms in total. The molecule has 4 rings (SSSR count). The second-order valence-electron chi connectivity index (χ2n) is 5.62. The summed E-state index contributed by atoms with van der Waals surface area (Å²) >= 11 is 0. The fraction of sp³-hybridized carbons (Fsp3) is 0.158. The highest BCUT2D eigenvalue weighted by molar-refractivity contribution is 5.53. The molecule has 2 aromatic carbocycles. The Morgan fingerprint density at radius 3 is 2.40 bits per heavy atom. The minimum absolute atomic E-state index is 0.373. The van der Waals surface area contributed by atoms with Crippen molar-refractivity contribution in [2.24, 2.45) is 7.05 Å². The van der Waals surface area contributed by atoms with E-state index in [2.05, 4.69) is 78.6 Å². The van der Waals surface area contributed by atoms with Crippen molar-refractivity contribution in [2.75, 3.05) is 0 Å². The fourth-order valence-electron chi connectivity index (χ4n) is 3.42. The highest BCUT2D eigenvalue weighted by Gasteiger charge is 2.27. The first-order valence-corrected chi connectivity index (χ1v) is 7.10. The predicted octanol–water partition coefficient (Wildman–Crippen LogP) is 4.11. The number of benzene rings is 2. The number of hydrogen-bond donors (Lipinski definition) is 0. The average molecular weight is 259 g/mol. The second kappa shape index (κ2) is 4.38. The van der Waals surface area contributed by atoms with Crippen LogP contribution in [0.25, 0.3) is 0 Å². The van der Waals surface area contributed by atoms with Crippen LogP contribution in [0.4, 0.5) is 0 Å². The minimum atomic E-state index is 0.373. The number of rotatable bonds is 1. The second-order valence-corrected chi connectivity index (χ2v) is 5.62. The Balaban J connectivity index is 1.97. The molecule has 1 unspecified atom stereocenters. The first-order chi connectivity index (χ1) is 9.83. The van der Waals surface area contributed by atoms with Crippen LogP contribution in [0.5, 0.6) is 0 Å². The Morgan fingerprint density at radius 2 is 1.55 bits per heavy atom. The molecule has 0 fully saturated rings. The highest BCUT2D eigenvalue weighted by Crippen LogP contribution is 2.40. The molecule has 1 aliphatic rings. The van der Waals surface area contributed by atoms with Gasteiger partial charge in [0.2, 0.25) is 0 Å². The van der Waals surface area contributed by atoms with Gasteiger partial charge in [0, 0.05) is 25.4 Å². The molecule has 0 saturated carbocycles. The monoisotopic (exact) mass is 259 g/mol. The van der Waals surface area contributed by atoms with E-state index in [0.29, 0.717) is 5.92 Å². The van der Waals surface area contributed by atoms with E-state index < -0.39 is 0 Å². The van der Waals surface area contributed by atoms with Crippen LogP contribution < -0.4 is 0 Å². The molecule has 3 aromatic rings. The summed E-state index contributed by atoms with van der Waals surface area (Å²) in [5, 5.41) is 0. The summed E-state index contributed by atoms with van der Waals surface area (Å²) in [6.45, 7) is 0. The SMILES string of the molecule is Cn1cc2c(c1)C(c1ccccc1)c1ccccc1C2. The topological polar surface area (TPSA) is 4.93 Å². The standard InChI is InChI=1S/C19H17N/c1-20-12-16-11-15-9-5-6-10-17(15)19(18(16)13-20)14-7-3-2-4-8-14/h2-10,12-13,19H,11H2,1H3. The molecular weight excluding hydrogens is 242 g/mol.